The molecule has 0 aliphatic heterocycles. The second-order valence-corrected chi connectivity index (χ2v) is 7.09. The molecule has 2 nitrogen and oxygen atoms in total. The van der Waals surface area contributed by atoms with E-state index in [9.17, 15) is 9.90 Å². The highest BCUT2D eigenvalue weighted by atomic mass is 16.3. The number of hydrogen-bond acceptors (Lipinski definition) is 2. The summed E-state index contributed by atoms with van der Waals surface area (Å²) in [5, 5.41) is 10.4. The van der Waals surface area contributed by atoms with Crippen LogP contribution in [0.2, 0.25) is 0 Å². The SMILES string of the molecule is CC1=C2C[C@]3(C(C)(C)O)C[C@@H]3[C@@]2(C)CCC1=O. The van der Waals surface area contributed by atoms with Crippen LogP contribution < -0.4 is 0 Å². The Hall–Kier alpha value is -0.630. The molecule has 0 spiro atoms. The summed E-state index contributed by atoms with van der Waals surface area (Å²) in [4.78, 5) is 11.8. The molecule has 0 bridgehead atoms. The summed E-state index contributed by atoms with van der Waals surface area (Å²) in [5.74, 6) is 0.915. The normalized spacial score (nSPS) is 44.8. The molecule has 3 aliphatic rings. The third kappa shape index (κ3) is 1.17. The van der Waals surface area contributed by atoms with E-state index >= 15 is 0 Å². The summed E-state index contributed by atoms with van der Waals surface area (Å²) in [5.41, 5.74) is 1.98. The van der Waals surface area contributed by atoms with Gasteiger partial charge < -0.3 is 5.11 Å². The number of allylic oxidation sites excluding steroid dienone is 2. The maximum absolute atomic E-state index is 11.8. The lowest BCUT2D eigenvalue weighted by Gasteiger charge is -2.34. The Morgan fingerprint density at radius 1 is 1.41 bits per heavy atom. The standard InChI is InChI=1S/C15H22O2/c1-9-10-7-15(13(2,3)17)8-12(15)14(10,4)6-5-11(9)16/h12,17H,5-8H2,1-4H3/t12-,14+,15+/m1/s1. The number of carbonyl (C=O) groups is 1. The summed E-state index contributed by atoms with van der Waals surface area (Å²) in [7, 11) is 0. The van der Waals surface area contributed by atoms with E-state index in [1.165, 1.54) is 5.57 Å². The van der Waals surface area contributed by atoms with Crippen molar-refractivity contribution in [3.05, 3.63) is 11.1 Å². The van der Waals surface area contributed by atoms with Crippen molar-refractivity contribution in [2.24, 2.45) is 16.7 Å². The third-order valence-corrected chi connectivity index (χ3v) is 5.99. The van der Waals surface area contributed by atoms with Gasteiger partial charge in [0, 0.05) is 11.8 Å². The fourth-order valence-corrected chi connectivity index (χ4v) is 4.57. The number of Topliss-reactive ketones (excluding diaryl/α,β-unsaturated/α-hetero) is 1. The van der Waals surface area contributed by atoms with Crippen LogP contribution in [0.4, 0.5) is 0 Å². The number of aliphatic hydroxyl groups is 1. The minimum Gasteiger partial charge on any atom is -0.390 e. The van der Waals surface area contributed by atoms with Crippen LogP contribution in [0.1, 0.15) is 53.4 Å². The van der Waals surface area contributed by atoms with Crippen LogP contribution in [-0.2, 0) is 4.79 Å². The van der Waals surface area contributed by atoms with E-state index in [1.54, 1.807) is 0 Å². The average Bonchev–Trinajstić information content (AvgIpc) is 2.90. The average molecular weight is 234 g/mol. The highest BCUT2D eigenvalue weighted by Gasteiger charge is 2.73. The fraction of sp³-hybridized carbons (Fsp3) is 0.800. The van der Waals surface area contributed by atoms with Gasteiger partial charge in [-0.3, -0.25) is 4.79 Å². The van der Waals surface area contributed by atoms with Crippen molar-refractivity contribution in [1.82, 2.24) is 0 Å². The van der Waals surface area contributed by atoms with E-state index < -0.39 is 5.60 Å². The van der Waals surface area contributed by atoms with E-state index in [4.69, 9.17) is 0 Å². The zero-order valence-electron chi connectivity index (χ0n) is 11.3. The molecule has 0 saturated heterocycles. The van der Waals surface area contributed by atoms with Crippen LogP contribution in [0.3, 0.4) is 0 Å². The molecule has 0 aromatic carbocycles. The lowest BCUT2D eigenvalue weighted by Crippen LogP contribution is -2.32. The maximum atomic E-state index is 11.8. The smallest absolute Gasteiger partial charge is 0.158 e. The van der Waals surface area contributed by atoms with E-state index in [2.05, 4.69) is 6.92 Å². The molecule has 2 saturated carbocycles. The highest BCUT2D eigenvalue weighted by molar-refractivity contribution is 5.97. The van der Waals surface area contributed by atoms with Crippen molar-refractivity contribution in [2.75, 3.05) is 0 Å². The molecule has 0 heterocycles. The van der Waals surface area contributed by atoms with Crippen LogP contribution in [0.15, 0.2) is 11.1 Å². The lowest BCUT2D eigenvalue weighted by molar-refractivity contribution is -0.116. The van der Waals surface area contributed by atoms with Crippen LogP contribution >= 0.6 is 0 Å². The number of ketones is 1. The second-order valence-electron chi connectivity index (χ2n) is 7.09. The molecule has 2 fully saturated rings. The first kappa shape index (κ1) is 11.5. The molecule has 17 heavy (non-hydrogen) atoms. The molecule has 0 aromatic rings. The van der Waals surface area contributed by atoms with Gasteiger partial charge >= 0.3 is 0 Å². The minimum atomic E-state index is -0.617. The van der Waals surface area contributed by atoms with Gasteiger partial charge in [0.2, 0.25) is 0 Å². The van der Waals surface area contributed by atoms with Crippen LogP contribution in [0.25, 0.3) is 0 Å². The lowest BCUT2D eigenvalue weighted by atomic mass is 9.70. The molecular weight excluding hydrogens is 212 g/mol. The van der Waals surface area contributed by atoms with Crippen molar-refractivity contribution >= 4 is 5.78 Å². The molecule has 94 valence electrons. The van der Waals surface area contributed by atoms with E-state index in [-0.39, 0.29) is 10.8 Å². The molecule has 1 N–H and O–H groups in total. The molecule has 0 unspecified atom stereocenters. The van der Waals surface area contributed by atoms with Crippen LogP contribution in [0.5, 0.6) is 0 Å². The summed E-state index contributed by atoms with van der Waals surface area (Å²) in [6, 6.07) is 0. The van der Waals surface area contributed by atoms with Crippen LogP contribution in [-0.4, -0.2) is 16.5 Å². The highest BCUT2D eigenvalue weighted by Crippen LogP contribution is 2.78. The Kier molecular flexibility index (Phi) is 1.92. The summed E-state index contributed by atoms with van der Waals surface area (Å²) < 4.78 is 0. The molecule has 2 heteroatoms. The Morgan fingerprint density at radius 3 is 2.65 bits per heavy atom. The predicted octanol–water partition coefficient (Wildman–Crippen LogP) is 2.85. The Balaban J connectivity index is 2.08. The molecule has 3 rings (SSSR count). The van der Waals surface area contributed by atoms with Crippen LogP contribution in [0, 0.1) is 16.7 Å². The van der Waals surface area contributed by atoms with Gasteiger partial charge in [-0.15, -0.1) is 0 Å². The topological polar surface area (TPSA) is 37.3 Å². The Bertz CT molecular complexity index is 440. The van der Waals surface area contributed by atoms with E-state index in [1.807, 2.05) is 20.8 Å². The van der Waals surface area contributed by atoms with Crippen molar-refractivity contribution in [1.29, 1.82) is 0 Å². The predicted molar refractivity (Wildman–Crippen MR) is 66.5 cm³/mol. The van der Waals surface area contributed by atoms with Gasteiger partial charge in [-0.05, 0) is 56.9 Å². The maximum Gasteiger partial charge on any atom is 0.158 e. The fourth-order valence-electron chi connectivity index (χ4n) is 4.57. The summed E-state index contributed by atoms with van der Waals surface area (Å²) >= 11 is 0. The van der Waals surface area contributed by atoms with Crippen molar-refractivity contribution in [3.8, 4) is 0 Å². The zero-order chi connectivity index (χ0) is 12.6. The van der Waals surface area contributed by atoms with E-state index in [0.29, 0.717) is 18.1 Å². The second kappa shape index (κ2) is 2.85. The number of carbonyl (C=O) groups excluding carboxylic acids is 1. The summed E-state index contributed by atoms with van der Waals surface area (Å²) in [6.07, 6.45) is 3.76. The van der Waals surface area contributed by atoms with Gasteiger partial charge in [-0.2, -0.15) is 0 Å². The van der Waals surface area contributed by atoms with Gasteiger partial charge in [0.15, 0.2) is 5.78 Å². The molecule has 0 amide bonds. The summed E-state index contributed by atoms with van der Waals surface area (Å²) in [6.45, 7) is 8.16. The third-order valence-electron chi connectivity index (χ3n) is 5.99. The molecule has 3 aliphatic carbocycles. The number of fused-ring (bicyclic) bond motifs is 3. The number of hydrogen-bond donors (Lipinski definition) is 1. The minimum absolute atomic E-state index is 0.0585. The van der Waals surface area contributed by atoms with Gasteiger partial charge in [0.1, 0.15) is 0 Å². The first-order chi connectivity index (χ1) is 7.72. The molecule has 0 radical (unpaired) electrons. The molecule has 3 atom stereocenters. The van der Waals surface area contributed by atoms with E-state index in [0.717, 1.165) is 24.8 Å². The molecular formula is C15H22O2. The van der Waals surface area contributed by atoms with Gasteiger partial charge in [-0.1, -0.05) is 12.5 Å². The first-order valence-corrected chi connectivity index (χ1v) is 6.68. The number of rotatable bonds is 1. The molecule has 0 aromatic heterocycles. The van der Waals surface area contributed by atoms with Gasteiger partial charge in [0.05, 0.1) is 5.60 Å². The largest absolute Gasteiger partial charge is 0.390 e. The van der Waals surface area contributed by atoms with Crippen molar-refractivity contribution in [3.63, 3.8) is 0 Å². The quantitative estimate of drug-likeness (QED) is 0.757. The Labute approximate surface area is 103 Å². The first-order valence-electron chi connectivity index (χ1n) is 6.68. The monoisotopic (exact) mass is 234 g/mol. The van der Waals surface area contributed by atoms with Crippen molar-refractivity contribution < 1.29 is 9.90 Å². The van der Waals surface area contributed by atoms with Gasteiger partial charge in [0.25, 0.3) is 0 Å². The Morgan fingerprint density at radius 2 is 2.06 bits per heavy atom. The van der Waals surface area contributed by atoms with Crippen molar-refractivity contribution in [2.45, 2.75) is 59.0 Å². The van der Waals surface area contributed by atoms with Gasteiger partial charge in [-0.25, -0.2) is 0 Å². The zero-order valence-corrected chi connectivity index (χ0v) is 11.3.